The zero-order valence-corrected chi connectivity index (χ0v) is 15.0. The summed E-state index contributed by atoms with van der Waals surface area (Å²) in [6.45, 7) is 7.07. The van der Waals surface area contributed by atoms with Gasteiger partial charge in [0.2, 0.25) is 5.16 Å². The minimum absolute atomic E-state index is 0.268. The molecule has 0 amide bonds. The van der Waals surface area contributed by atoms with Crippen LogP contribution >= 0.6 is 11.8 Å². The van der Waals surface area contributed by atoms with Crippen molar-refractivity contribution in [2.45, 2.75) is 44.7 Å². The number of hydrogen-bond acceptors (Lipinski definition) is 5. The fourth-order valence-corrected chi connectivity index (χ4v) is 2.45. The third kappa shape index (κ3) is 4.82. The summed E-state index contributed by atoms with van der Waals surface area (Å²) in [7, 11) is 0. The predicted octanol–water partition coefficient (Wildman–Crippen LogP) is 4.18. The van der Waals surface area contributed by atoms with Crippen molar-refractivity contribution in [1.29, 1.82) is 0 Å². The lowest BCUT2D eigenvalue weighted by molar-refractivity contribution is 0.309. The molecule has 0 unspecified atom stereocenters. The first-order valence-corrected chi connectivity index (χ1v) is 9.14. The Morgan fingerprint density at radius 1 is 1.35 bits per heavy atom. The Kier molecular flexibility index (Phi) is 6.65. The number of unbranched alkanes of at least 4 members (excludes halogenated alkanes) is 1. The van der Waals surface area contributed by atoms with Crippen LogP contribution in [0.15, 0.2) is 34.5 Å². The van der Waals surface area contributed by atoms with Crippen LogP contribution in [-0.4, -0.2) is 34.0 Å². The molecule has 23 heavy (non-hydrogen) atoms. The van der Waals surface area contributed by atoms with E-state index in [1.165, 1.54) is 11.8 Å². The highest BCUT2D eigenvalue weighted by atomic mass is 32.2. The van der Waals surface area contributed by atoms with Gasteiger partial charge < -0.3 is 4.74 Å². The average Bonchev–Trinajstić information content (AvgIpc) is 2.97. The quantitative estimate of drug-likeness (QED) is 0.413. The van der Waals surface area contributed by atoms with E-state index in [1.807, 2.05) is 36.7 Å². The smallest absolute Gasteiger partial charge is 0.211 e. The van der Waals surface area contributed by atoms with Crippen LogP contribution in [0, 0.1) is 0 Å². The summed E-state index contributed by atoms with van der Waals surface area (Å²) in [4.78, 5) is 0. The fourth-order valence-electron chi connectivity index (χ4n) is 2.02. The standard InChI is InChI=1S/C17H24N4OS/c1-5-6-10-22-15-9-7-8-14(11-15)12-18-21-16(13(2)3)19-20-17(21)23-4/h7-9,11-13H,5-6,10H2,1-4H3/b18-12-. The van der Waals surface area contributed by atoms with Gasteiger partial charge in [0.15, 0.2) is 5.82 Å². The summed E-state index contributed by atoms with van der Waals surface area (Å²) in [5.41, 5.74) is 0.995. The molecule has 0 radical (unpaired) electrons. The van der Waals surface area contributed by atoms with Gasteiger partial charge in [0.25, 0.3) is 0 Å². The van der Waals surface area contributed by atoms with Gasteiger partial charge in [0.05, 0.1) is 12.8 Å². The SMILES string of the molecule is CCCCOc1cccc(/C=N\n2c(SC)nnc2C(C)C)c1. The van der Waals surface area contributed by atoms with Crippen LogP contribution in [0.3, 0.4) is 0 Å². The van der Waals surface area contributed by atoms with Crippen molar-refractivity contribution in [2.24, 2.45) is 5.10 Å². The van der Waals surface area contributed by atoms with Crippen LogP contribution in [0.5, 0.6) is 5.75 Å². The van der Waals surface area contributed by atoms with Crippen molar-refractivity contribution < 1.29 is 4.74 Å². The van der Waals surface area contributed by atoms with Crippen LogP contribution in [0.4, 0.5) is 0 Å². The van der Waals surface area contributed by atoms with Crippen molar-refractivity contribution in [3.8, 4) is 5.75 Å². The number of aromatic nitrogens is 3. The normalized spacial score (nSPS) is 11.5. The maximum atomic E-state index is 5.73. The van der Waals surface area contributed by atoms with Gasteiger partial charge in [0.1, 0.15) is 5.75 Å². The zero-order valence-electron chi connectivity index (χ0n) is 14.2. The van der Waals surface area contributed by atoms with Gasteiger partial charge >= 0.3 is 0 Å². The summed E-state index contributed by atoms with van der Waals surface area (Å²) in [6.07, 6.45) is 5.99. The Bertz CT molecular complexity index is 652. The average molecular weight is 332 g/mol. The molecule has 0 N–H and O–H groups in total. The maximum Gasteiger partial charge on any atom is 0.211 e. The van der Waals surface area contributed by atoms with Crippen LogP contribution in [0.1, 0.15) is 50.9 Å². The predicted molar refractivity (Wildman–Crippen MR) is 95.7 cm³/mol. The second-order valence-corrected chi connectivity index (χ2v) is 6.30. The molecule has 1 aromatic carbocycles. The molecule has 0 bridgehead atoms. The van der Waals surface area contributed by atoms with E-state index in [0.29, 0.717) is 0 Å². The molecule has 1 aromatic heterocycles. The maximum absolute atomic E-state index is 5.73. The lowest BCUT2D eigenvalue weighted by Crippen LogP contribution is -2.02. The van der Waals surface area contributed by atoms with E-state index in [0.717, 1.165) is 41.7 Å². The number of hydrogen-bond donors (Lipinski definition) is 0. The number of ether oxygens (including phenoxy) is 1. The van der Waals surface area contributed by atoms with E-state index < -0.39 is 0 Å². The Hall–Kier alpha value is -1.82. The van der Waals surface area contributed by atoms with E-state index in [1.54, 1.807) is 4.68 Å². The van der Waals surface area contributed by atoms with E-state index in [4.69, 9.17) is 4.74 Å². The molecule has 0 saturated carbocycles. The molecule has 0 aliphatic heterocycles. The number of rotatable bonds is 8. The topological polar surface area (TPSA) is 52.3 Å². The highest BCUT2D eigenvalue weighted by molar-refractivity contribution is 7.98. The molecule has 0 saturated heterocycles. The first kappa shape index (κ1) is 17.5. The Morgan fingerprint density at radius 2 is 2.17 bits per heavy atom. The van der Waals surface area contributed by atoms with Crippen molar-refractivity contribution in [2.75, 3.05) is 12.9 Å². The van der Waals surface area contributed by atoms with Gasteiger partial charge in [-0.1, -0.05) is 51.1 Å². The van der Waals surface area contributed by atoms with Crippen molar-refractivity contribution >= 4 is 18.0 Å². The summed E-state index contributed by atoms with van der Waals surface area (Å²) in [6, 6.07) is 7.96. The second-order valence-electron chi connectivity index (χ2n) is 5.53. The summed E-state index contributed by atoms with van der Waals surface area (Å²) >= 11 is 1.54. The molecule has 124 valence electrons. The molecule has 5 nitrogen and oxygen atoms in total. The molecule has 0 aliphatic carbocycles. The van der Waals surface area contributed by atoms with Gasteiger partial charge in [-0.25, -0.2) is 0 Å². The molecule has 6 heteroatoms. The van der Waals surface area contributed by atoms with Gasteiger partial charge in [-0.3, -0.25) is 0 Å². The minimum Gasteiger partial charge on any atom is -0.494 e. The molecule has 0 aliphatic rings. The van der Waals surface area contributed by atoms with Crippen LogP contribution in [0.2, 0.25) is 0 Å². The van der Waals surface area contributed by atoms with Crippen molar-refractivity contribution in [3.05, 3.63) is 35.7 Å². The number of nitrogens with zero attached hydrogens (tertiary/aromatic N) is 4. The highest BCUT2D eigenvalue weighted by Crippen LogP contribution is 2.19. The largest absolute Gasteiger partial charge is 0.494 e. The lowest BCUT2D eigenvalue weighted by Gasteiger charge is -2.07. The molecular weight excluding hydrogens is 308 g/mol. The third-order valence-electron chi connectivity index (χ3n) is 3.28. The zero-order chi connectivity index (χ0) is 16.7. The molecule has 2 aromatic rings. The van der Waals surface area contributed by atoms with E-state index in [-0.39, 0.29) is 5.92 Å². The van der Waals surface area contributed by atoms with Gasteiger partial charge in [-0.2, -0.15) is 9.78 Å². The van der Waals surface area contributed by atoms with Gasteiger partial charge in [0, 0.05) is 5.92 Å². The minimum atomic E-state index is 0.268. The Labute approximate surface area is 142 Å². The van der Waals surface area contributed by atoms with Crippen LogP contribution < -0.4 is 4.74 Å². The molecule has 0 spiro atoms. The summed E-state index contributed by atoms with van der Waals surface area (Å²) in [5, 5.41) is 13.7. The lowest BCUT2D eigenvalue weighted by atomic mass is 10.2. The number of thioether (sulfide) groups is 1. The Balaban J connectivity index is 2.17. The highest BCUT2D eigenvalue weighted by Gasteiger charge is 2.13. The van der Waals surface area contributed by atoms with Crippen LogP contribution in [-0.2, 0) is 0 Å². The summed E-state index contributed by atoms with van der Waals surface area (Å²) in [5.74, 6) is 2.01. The monoisotopic (exact) mass is 332 g/mol. The molecule has 0 fully saturated rings. The van der Waals surface area contributed by atoms with Crippen molar-refractivity contribution in [3.63, 3.8) is 0 Å². The molecule has 0 atom stereocenters. The van der Waals surface area contributed by atoms with E-state index in [9.17, 15) is 0 Å². The fraction of sp³-hybridized carbons (Fsp3) is 0.471. The first-order chi connectivity index (χ1) is 11.2. The van der Waals surface area contributed by atoms with E-state index in [2.05, 4.69) is 36.1 Å². The number of benzene rings is 1. The van der Waals surface area contributed by atoms with Gasteiger partial charge in [-0.15, -0.1) is 10.2 Å². The third-order valence-corrected chi connectivity index (χ3v) is 3.90. The van der Waals surface area contributed by atoms with Crippen LogP contribution in [0.25, 0.3) is 0 Å². The second kappa shape index (κ2) is 8.72. The Morgan fingerprint density at radius 3 is 2.87 bits per heavy atom. The first-order valence-electron chi connectivity index (χ1n) is 7.92. The molecule has 2 rings (SSSR count). The molecular formula is C17H24N4OS. The van der Waals surface area contributed by atoms with Crippen molar-refractivity contribution in [1.82, 2.24) is 14.9 Å². The molecule has 1 heterocycles. The van der Waals surface area contributed by atoms with E-state index >= 15 is 0 Å². The summed E-state index contributed by atoms with van der Waals surface area (Å²) < 4.78 is 7.54. The van der Waals surface area contributed by atoms with Gasteiger partial charge in [-0.05, 0) is 30.4 Å².